The normalized spacial score (nSPS) is 20.4. The van der Waals surface area contributed by atoms with E-state index in [1.165, 1.54) is 19.2 Å². The van der Waals surface area contributed by atoms with E-state index in [0.29, 0.717) is 18.7 Å². The Morgan fingerprint density at radius 1 is 1.17 bits per heavy atom. The number of halogens is 1. The predicted molar refractivity (Wildman–Crippen MR) is 106 cm³/mol. The Labute approximate surface area is 167 Å². The van der Waals surface area contributed by atoms with E-state index in [-0.39, 0.29) is 29.5 Å². The Hall–Kier alpha value is -3.15. The summed E-state index contributed by atoms with van der Waals surface area (Å²) in [4.78, 5) is 30.3. The van der Waals surface area contributed by atoms with E-state index in [2.05, 4.69) is 4.98 Å². The molecule has 2 unspecified atom stereocenters. The number of amides is 1. The van der Waals surface area contributed by atoms with Crippen LogP contribution < -0.4 is 0 Å². The molecule has 1 amide bonds. The zero-order valence-corrected chi connectivity index (χ0v) is 16.1. The summed E-state index contributed by atoms with van der Waals surface area (Å²) < 4.78 is 18.0. The molecule has 1 aliphatic heterocycles. The first-order valence-corrected chi connectivity index (χ1v) is 9.81. The minimum atomic E-state index is -0.370. The number of aromatic amines is 1. The molecule has 1 fully saturated rings. The summed E-state index contributed by atoms with van der Waals surface area (Å²) in [5.74, 6) is -0.322. The van der Waals surface area contributed by atoms with E-state index in [1.807, 2.05) is 17.0 Å². The lowest BCUT2D eigenvalue weighted by molar-refractivity contribution is -0.133. The molecule has 1 saturated carbocycles. The molecule has 5 nitrogen and oxygen atoms in total. The van der Waals surface area contributed by atoms with Gasteiger partial charge in [-0.1, -0.05) is 12.1 Å². The van der Waals surface area contributed by atoms with E-state index in [4.69, 9.17) is 4.74 Å². The SMILES string of the molecule is COC(=O)c1ccc2[nH]c3c(c2c1)CN(C(=O)C1CC1c1ccc(F)cc1)CC3. The molecule has 1 aromatic heterocycles. The summed E-state index contributed by atoms with van der Waals surface area (Å²) in [7, 11) is 1.37. The van der Waals surface area contributed by atoms with E-state index in [9.17, 15) is 14.0 Å². The van der Waals surface area contributed by atoms with Crippen molar-refractivity contribution in [3.05, 3.63) is 70.7 Å². The van der Waals surface area contributed by atoms with Gasteiger partial charge in [-0.3, -0.25) is 4.79 Å². The third-order valence-corrected chi connectivity index (χ3v) is 6.11. The summed E-state index contributed by atoms with van der Waals surface area (Å²) in [6.45, 7) is 1.21. The molecule has 6 heteroatoms. The molecule has 2 aromatic carbocycles. The van der Waals surface area contributed by atoms with Crippen molar-refractivity contribution in [2.45, 2.75) is 25.3 Å². The Bertz CT molecular complexity index is 1120. The third-order valence-electron chi connectivity index (χ3n) is 6.11. The number of nitrogens with zero attached hydrogens (tertiary/aromatic N) is 1. The van der Waals surface area contributed by atoms with Gasteiger partial charge in [0.05, 0.1) is 12.7 Å². The van der Waals surface area contributed by atoms with Gasteiger partial charge in [-0.2, -0.15) is 0 Å². The standard InChI is InChI=1S/C23H21FN2O3/c1-29-23(28)14-4-7-20-17(10-14)19-12-26(9-8-21(19)25-20)22(27)18-11-16(18)13-2-5-15(24)6-3-13/h2-7,10,16,18,25H,8-9,11-12H2,1H3. The number of fused-ring (bicyclic) bond motifs is 3. The summed E-state index contributed by atoms with van der Waals surface area (Å²) in [6.07, 6.45) is 1.57. The number of methoxy groups -OCH3 is 1. The number of hydrogen-bond donors (Lipinski definition) is 1. The largest absolute Gasteiger partial charge is 0.465 e. The quantitative estimate of drug-likeness (QED) is 0.690. The first-order valence-electron chi connectivity index (χ1n) is 9.81. The van der Waals surface area contributed by atoms with Gasteiger partial charge < -0.3 is 14.6 Å². The number of H-pyrrole nitrogens is 1. The number of ether oxygens (including phenoxy) is 1. The van der Waals surface area contributed by atoms with Crippen LogP contribution in [0.3, 0.4) is 0 Å². The highest BCUT2D eigenvalue weighted by Crippen LogP contribution is 2.49. The fourth-order valence-corrected chi connectivity index (χ4v) is 4.43. The second kappa shape index (κ2) is 6.72. The molecule has 29 heavy (non-hydrogen) atoms. The molecule has 2 heterocycles. The predicted octanol–water partition coefficient (Wildman–Crippen LogP) is 3.78. The third kappa shape index (κ3) is 3.09. The van der Waals surface area contributed by atoms with Crippen LogP contribution in [-0.2, 0) is 22.5 Å². The molecule has 1 N–H and O–H groups in total. The minimum Gasteiger partial charge on any atom is -0.465 e. The average molecular weight is 392 g/mol. The van der Waals surface area contributed by atoms with Gasteiger partial charge in [0.25, 0.3) is 0 Å². The lowest BCUT2D eigenvalue weighted by Crippen LogP contribution is -2.37. The van der Waals surface area contributed by atoms with Crippen LogP contribution in [0.2, 0.25) is 0 Å². The van der Waals surface area contributed by atoms with Crippen molar-refractivity contribution >= 4 is 22.8 Å². The molecule has 0 radical (unpaired) electrons. The zero-order valence-electron chi connectivity index (χ0n) is 16.1. The summed E-state index contributed by atoms with van der Waals surface area (Å²) in [6, 6.07) is 11.9. The first kappa shape index (κ1) is 17.9. The van der Waals surface area contributed by atoms with Crippen LogP contribution in [0.4, 0.5) is 4.39 Å². The Balaban J connectivity index is 1.37. The van der Waals surface area contributed by atoms with Gasteiger partial charge in [0.15, 0.2) is 0 Å². The maximum atomic E-state index is 13.1. The van der Waals surface area contributed by atoms with Crippen molar-refractivity contribution < 1.29 is 18.7 Å². The minimum absolute atomic E-state index is 0.0298. The van der Waals surface area contributed by atoms with Crippen LogP contribution in [0, 0.1) is 11.7 Å². The monoisotopic (exact) mass is 392 g/mol. The van der Waals surface area contributed by atoms with Crippen molar-refractivity contribution in [3.8, 4) is 0 Å². The number of rotatable bonds is 3. The smallest absolute Gasteiger partial charge is 0.337 e. The van der Waals surface area contributed by atoms with Crippen LogP contribution >= 0.6 is 0 Å². The van der Waals surface area contributed by atoms with E-state index >= 15 is 0 Å². The Kier molecular flexibility index (Phi) is 4.15. The second-order valence-electron chi connectivity index (χ2n) is 7.84. The molecule has 0 bridgehead atoms. The number of carbonyl (C=O) groups excluding carboxylic acids is 2. The van der Waals surface area contributed by atoms with Crippen molar-refractivity contribution in [2.24, 2.45) is 5.92 Å². The molecule has 5 rings (SSSR count). The summed E-state index contributed by atoms with van der Waals surface area (Å²) in [5, 5.41) is 0.964. The maximum absolute atomic E-state index is 13.1. The highest BCUT2D eigenvalue weighted by Gasteiger charge is 2.46. The van der Waals surface area contributed by atoms with Crippen molar-refractivity contribution in [3.63, 3.8) is 0 Å². The molecule has 0 saturated heterocycles. The second-order valence-corrected chi connectivity index (χ2v) is 7.84. The molecular weight excluding hydrogens is 371 g/mol. The molecule has 2 aliphatic rings. The number of hydrogen-bond acceptors (Lipinski definition) is 3. The number of aromatic nitrogens is 1. The topological polar surface area (TPSA) is 62.4 Å². The van der Waals surface area contributed by atoms with Crippen molar-refractivity contribution in [2.75, 3.05) is 13.7 Å². The van der Waals surface area contributed by atoms with Gasteiger partial charge in [-0.05, 0) is 48.2 Å². The summed E-state index contributed by atoms with van der Waals surface area (Å²) >= 11 is 0. The lowest BCUT2D eigenvalue weighted by atomic mass is 10.0. The van der Waals surface area contributed by atoms with E-state index in [1.54, 1.807) is 18.2 Å². The molecule has 148 valence electrons. The lowest BCUT2D eigenvalue weighted by Gasteiger charge is -2.27. The van der Waals surface area contributed by atoms with Crippen LogP contribution in [0.5, 0.6) is 0 Å². The zero-order chi connectivity index (χ0) is 20.1. The molecule has 2 atom stereocenters. The number of nitrogens with one attached hydrogen (secondary N) is 1. The fraction of sp³-hybridized carbons (Fsp3) is 0.304. The highest BCUT2D eigenvalue weighted by atomic mass is 19.1. The number of benzene rings is 2. The average Bonchev–Trinajstić information content (AvgIpc) is 3.46. The van der Waals surface area contributed by atoms with Crippen LogP contribution in [0.25, 0.3) is 10.9 Å². The Morgan fingerprint density at radius 2 is 1.97 bits per heavy atom. The highest BCUT2D eigenvalue weighted by molar-refractivity contribution is 5.96. The van der Waals surface area contributed by atoms with Gasteiger partial charge in [0.2, 0.25) is 5.91 Å². The maximum Gasteiger partial charge on any atom is 0.337 e. The first-order chi connectivity index (χ1) is 14.0. The number of carbonyl (C=O) groups is 2. The van der Waals surface area contributed by atoms with E-state index < -0.39 is 0 Å². The van der Waals surface area contributed by atoms with E-state index in [0.717, 1.165) is 40.6 Å². The van der Waals surface area contributed by atoms with Gasteiger partial charge in [-0.15, -0.1) is 0 Å². The number of esters is 1. The van der Waals surface area contributed by atoms with Crippen LogP contribution in [0.15, 0.2) is 42.5 Å². The molecular formula is C23H21FN2O3. The van der Waals surface area contributed by atoms with Crippen LogP contribution in [-0.4, -0.2) is 35.4 Å². The van der Waals surface area contributed by atoms with Crippen LogP contribution in [0.1, 0.15) is 39.5 Å². The molecule has 0 spiro atoms. The van der Waals surface area contributed by atoms with Gasteiger partial charge in [0, 0.05) is 47.6 Å². The van der Waals surface area contributed by atoms with Gasteiger partial charge in [0.1, 0.15) is 5.82 Å². The van der Waals surface area contributed by atoms with Crippen molar-refractivity contribution in [1.82, 2.24) is 9.88 Å². The summed E-state index contributed by atoms with van der Waals surface area (Å²) in [5.41, 5.74) is 4.69. The van der Waals surface area contributed by atoms with Crippen molar-refractivity contribution in [1.29, 1.82) is 0 Å². The molecule has 3 aromatic rings. The fourth-order valence-electron chi connectivity index (χ4n) is 4.43. The van der Waals surface area contributed by atoms with Gasteiger partial charge >= 0.3 is 5.97 Å². The van der Waals surface area contributed by atoms with Gasteiger partial charge in [-0.25, -0.2) is 9.18 Å². The molecule has 1 aliphatic carbocycles. The Morgan fingerprint density at radius 3 is 2.72 bits per heavy atom.